The fourth-order valence-corrected chi connectivity index (χ4v) is 2.55. The zero-order chi connectivity index (χ0) is 15.9. The van der Waals surface area contributed by atoms with E-state index in [-0.39, 0.29) is 5.91 Å². The van der Waals surface area contributed by atoms with E-state index in [1.807, 2.05) is 44.2 Å². The molecule has 2 N–H and O–H groups in total. The Bertz CT molecular complexity index is 640. The van der Waals surface area contributed by atoms with Gasteiger partial charge in [-0.3, -0.25) is 4.79 Å². The van der Waals surface area contributed by atoms with Gasteiger partial charge in [-0.15, -0.1) is 0 Å². The molecule has 2 aromatic rings. The smallest absolute Gasteiger partial charge is 0.224 e. The molecule has 0 aliphatic rings. The summed E-state index contributed by atoms with van der Waals surface area (Å²) in [5.41, 5.74) is 2.73. The molecule has 0 bridgehead atoms. The normalized spacial score (nSPS) is 10.3. The molecule has 2 rings (SSSR count). The second kappa shape index (κ2) is 8.07. The number of amides is 1. The molecule has 0 saturated heterocycles. The summed E-state index contributed by atoms with van der Waals surface area (Å²) in [5, 5.41) is 6.07. The summed E-state index contributed by atoms with van der Waals surface area (Å²) in [4.78, 5) is 20.5. The number of nitrogens with one attached hydrogen (secondary N) is 2. The highest BCUT2D eigenvalue weighted by Crippen LogP contribution is 2.17. The van der Waals surface area contributed by atoms with Gasteiger partial charge in [0, 0.05) is 27.9 Å². The van der Waals surface area contributed by atoms with E-state index >= 15 is 0 Å². The van der Waals surface area contributed by atoms with Crippen LogP contribution in [0.25, 0.3) is 0 Å². The SMILES string of the molecule is Cc1cc(C)nc(NCCCC(=O)Nc2ccccc2I)n1. The lowest BCUT2D eigenvalue weighted by atomic mass is 10.2. The predicted molar refractivity (Wildman–Crippen MR) is 97.0 cm³/mol. The molecule has 0 unspecified atom stereocenters. The highest BCUT2D eigenvalue weighted by molar-refractivity contribution is 14.1. The molecule has 6 heteroatoms. The van der Waals surface area contributed by atoms with Crippen molar-refractivity contribution >= 4 is 40.1 Å². The third-order valence-electron chi connectivity index (χ3n) is 2.99. The maximum atomic E-state index is 11.9. The number of halogens is 1. The molecule has 0 aliphatic heterocycles. The van der Waals surface area contributed by atoms with Crippen LogP contribution >= 0.6 is 22.6 Å². The van der Waals surface area contributed by atoms with Crippen LogP contribution in [0.1, 0.15) is 24.2 Å². The lowest BCUT2D eigenvalue weighted by molar-refractivity contribution is -0.116. The van der Waals surface area contributed by atoms with Crippen molar-refractivity contribution in [3.8, 4) is 0 Å². The monoisotopic (exact) mass is 410 g/mol. The molecular weight excluding hydrogens is 391 g/mol. The van der Waals surface area contributed by atoms with E-state index in [0.717, 1.165) is 27.1 Å². The third kappa shape index (κ3) is 5.25. The standard InChI is InChI=1S/C16H19IN4O/c1-11-10-12(2)20-16(19-11)18-9-5-8-15(22)21-14-7-4-3-6-13(14)17/h3-4,6-7,10H,5,8-9H2,1-2H3,(H,21,22)(H,18,19,20). The molecule has 1 aromatic heterocycles. The minimum Gasteiger partial charge on any atom is -0.354 e. The highest BCUT2D eigenvalue weighted by Gasteiger charge is 2.05. The Hall–Kier alpha value is -1.70. The van der Waals surface area contributed by atoms with Gasteiger partial charge in [-0.05, 0) is 61.1 Å². The van der Waals surface area contributed by atoms with E-state index in [1.54, 1.807) is 0 Å². The Morgan fingerprint density at radius 3 is 2.55 bits per heavy atom. The number of hydrogen-bond donors (Lipinski definition) is 2. The summed E-state index contributed by atoms with van der Waals surface area (Å²) in [6.45, 7) is 4.55. The summed E-state index contributed by atoms with van der Waals surface area (Å²) in [7, 11) is 0. The van der Waals surface area contributed by atoms with E-state index in [4.69, 9.17) is 0 Å². The number of benzene rings is 1. The number of anilines is 2. The molecule has 1 amide bonds. The van der Waals surface area contributed by atoms with Crippen molar-refractivity contribution in [1.82, 2.24) is 9.97 Å². The first-order valence-electron chi connectivity index (χ1n) is 7.15. The zero-order valence-electron chi connectivity index (χ0n) is 12.7. The first kappa shape index (κ1) is 16.7. The lowest BCUT2D eigenvalue weighted by Gasteiger charge is -2.08. The van der Waals surface area contributed by atoms with Crippen molar-refractivity contribution < 1.29 is 4.79 Å². The second-order valence-electron chi connectivity index (χ2n) is 5.03. The number of carbonyl (C=O) groups is 1. The molecule has 5 nitrogen and oxygen atoms in total. The topological polar surface area (TPSA) is 66.9 Å². The number of carbonyl (C=O) groups excluding carboxylic acids is 1. The first-order valence-corrected chi connectivity index (χ1v) is 8.23. The maximum Gasteiger partial charge on any atom is 0.224 e. The molecule has 22 heavy (non-hydrogen) atoms. The van der Waals surface area contributed by atoms with Crippen molar-refractivity contribution in [3.63, 3.8) is 0 Å². The third-order valence-corrected chi connectivity index (χ3v) is 3.93. The number of rotatable bonds is 6. The van der Waals surface area contributed by atoms with Gasteiger partial charge >= 0.3 is 0 Å². The largest absolute Gasteiger partial charge is 0.354 e. The minimum absolute atomic E-state index is 0.0206. The van der Waals surface area contributed by atoms with Crippen molar-refractivity contribution in [3.05, 3.63) is 45.3 Å². The molecule has 0 fully saturated rings. The van der Waals surface area contributed by atoms with E-state index in [0.29, 0.717) is 18.9 Å². The number of para-hydroxylation sites is 1. The zero-order valence-corrected chi connectivity index (χ0v) is 14.8. The van der Waals surface area contributed by atoms with Crippen LogP contribution in [0.4, 0.5) is 11.6 Å². The van der Waals surface area contributed by atoms with Gasteiger partial charge in [-0.1, -0.05) is 12.1 Å². The van der Waals surface area contributed by atoms with Crippen LogP contribution < -0.4 is 10.6 Å². The predicted octanol–water partition coefficient (Wildman–Crippen LogP) is 3.53. The highest BCUT2D eigenvalue weighted by atomic mass is 127. The van der Waals surface area contributed by atoms with Gasteiger partial charge in [-0.25, -0.2) is 9.97 Å². The van der Waals surface area contributed by atoms with Crippen LogP contribution in [0.15, 0.2) is 30.3 Å². The number of hydrogen-bond acceptors (Lipinski definition) is 4. The van der Waals surface area contributed by atoms with Gasteiger partial charge in [0.15, 0.2) is 0 Å². The number of aryl methyl sites for hydroxylation is 2. The Morgan fingerprint density at radius 1 is 1.18 bits per heavy atom. The summed E-state index contributed by atoms with van der Waals surface area (Å²) < 4.78 is 1.04. The van der Waals surface area contributed by atoms with Crippen LogP contribution in [-0.2, 0) is 4.79 Å². The van der Waals surface area contributed by atoms with Gasteiger partial charge in [0.1, 0.15) is 0 Å². The Kier molecular flexibility index (Phi) is 6.11. The van der Waals surface area contributed by atoms with Crippen LogP contribution in [0.5, 0.6) is 0 Å². The molecule has 0 aliphatic carbocycles. The molecule has 1 aromatic carbocycles. The van der Waals surface area contributed by atoms with Gasteiger partial charge in [0.2, 0.25) is 11.9 Å². The number of nitrogens with zero attached hydrogens (tertiary/aromatic N) is 2. The van der Waals surface area contributed by atoms with Crippen molar-refractivity contribution in [2.24, 2.45) is 0 Å². The summed E-state index contributed by atoms with van der Waals surface area (Å²) >= 11 is 2.21. The van der Waals surface area contributed by atoms with Crippen LogP contribution in [0.2, 0.25) is 0 Å². The fraction of sp³-hybridized carbons (Fsp3) is 0.312. The molecule has 0 atom stereocenters. The first-order chi connectivity index (χ1) is 10.5. The van der Waals surface area contributed by atoms with Crippen LogP contribution in [0.3, 0.4) is 0 Å². The van der Waals surface area contributed by atoms with Crippen molar-refractivity contribution in [1.29, 1.82) is 0 Å². The molecule has 0 spiro atoms. The van der Waals surface area contributed by atoms with Crippen molar-refractivity contribution in [2.45, 2.75) is 26.7 Å². The van der Waals surface area contributed by atoms with E-state index in [2.05, 4.69) is 43.2 Å². The quantitative estimate of drug-likeness (QED) is 0.565. The summed E-state index contributed by atoms with van der Waals surface area (Å²) in [5.74, 6) is 0.641. The van der Waals surface area contributed by atoms with Gasteiger partial charge < -0.3 is 10.6 Å². The van der Waals surface area contributed by atoms with Crippen LogP contribution in [-0.4, -0.2) is 22.4 Å². The molecular formula is C16H19IN4O. The van der Waals surface area contributed by atoms with Gasteiger partial charge in [-0.2, -0.15) is 0 Å². The molecule has 1 heterocycles. The van der Waals surface area contributed by atoms with E-state index in [9.17, 15) is 4.79 Å². The van der Waals surface area contributed by atoms with E-state index in [1.165, 1.54) is 0 Å². The average molecular weight is 410 g/mol. The average Bonchev–Trinajstić information content (AvgIpc) is 2.45. The van der Waals surface area contributed by atoms with Crippen molar-refractivity contribution in [2.75, 3.05) is 17.2 Å². The fourth-order valence-electron chi connectivity index (χ4n) is 2.03. The maximum absolute atomic E-state index is 11.9. The van der Waals surface area contributed by atoms with Crippen LogP contribution in [0, 0.1) is 17.4 Å². The molecule has 0 radical (unpaired) electrons. The molecule has 0 saturated carbocycles. The van der Waals surface area contributed by atoms with E-state index < -0.39 is 0 Å². The number of aromatic nitrogens is 2. The lowest BCUT2D eigenvalue weighted by Crippen LogP contribution is -2.14. The molecule has 116 valence electrons. The Balaban J connectivity index is 1.74. The Labute approximate surface area is 144 Å². The summed E-state index contributed by atoms with van der Waals surface area (Å²) in [6, 6.07) is 9.67. The van der Waals surface area contributed by atoms with Gasteiger partial charge in [0.05, 0.1) is 5.69 Å². The minimum atomic E-state index is 0.0206. The Morgan fingerprint density at radius 2 is 1.86 bits per heavy atom. The summed E-state index contributed by atoms with van der Waals surface area (Å²) in [6.07, 6.45) is 1.19. The second-order valence-corrected chi connectivity index (χ2v) is 6.19. The van der Waals surface area contributed by atoms with Gasteiger partial charge in [0.25, 0.3) is 0 Å².